The monoisotopic (exact) mass is 156 g/mol. The molecule has 1 aliphatic rings. The molecule has 66 valence electrons. The number of aliphatic hydroxyl groups is 1. The minimum atomic E-state index is 0.357. The van der Waals surface area contributed by atoms with E-state index in [0.29, 0.717) is 17.4 Å². The smallest absolute Gasteiger partial charge is 0.0433 e. The van der Waals surface area contributed by atoms with E-state index in [9.17, 15) is 0 Å². The van der Waals surface area contributed by atoms with E-state index in [-0.39, 0.29) is 0 Å². The van der Waals surface area contributed by atoms with E-state index in [1.54, 1.807) is 0 Å². The van der Waals surface area contributed by atoms with Crippen molar-refractivity contribution < 1.29 is 5.11 Å². The van der Waals surface area contributed by atoms with E-state index in [4.69, 9.17) is 5.11 Å². The largest absolute Gasteiger partial charge is 0.396 e. The Morgan fingerprint density at radius 1 is 1.45 bits per heavy atom. The lowest BCUT2D eigenvalue weighted by Gasteiger charge is -2.28. The molecule has 0 amide bonds. The SMILES string of the molecule is CC(C)(C)[C@]1(C)C[C@@H]1CCO. The molecule has 0 heterocycles. The summed E-state index contributed by atoms with van der Waals surface area (Å²) in [5.41, 5.74) is 0.905. The molecule has 1 saturated carbocycles. The van der Waals surface area contributed by atoms with Gasteiger partial charge in [-0.25, -0.2) is 0 Å². The molecule has 0 aromatic rings. The van der Waals surface area contributed by atoms with Gasteiger partial charge in [-0.05, 0) is 29.6 Å². The van der Waals surface area contributed by atoms with Gasteiger partial charge in [-0.1, -0.05) is 27.7 Å². The molecule has 1 heteroatoms. The number of aliphatic hydroxyl groups excluding tert-OH is 1. The lowest BCUT2D eigenvalue weighted by atomic mass is 9.77. The van der Waals surface area contributed by atoms with Crippen LogP contribution in [-0.4, -0.2) is 11.7 Å². The van der Waals surface area contributed by atoms with Crippen LogP contribution in [0.5, 0.6) is 0 Å². The highest BCUT2D eigenvalue weighted by molar-refractivity contribution is 5.05. The zero-order valence-electron chi connectivity index (χ0n) is 8.15. The van der Waals surface area contributed by atoms with E-state index < -0.39 is 0 Å². The Morgan fingerprint density at radius 2 is 2.00 bits per heavy atom. The van der Waals surface area contributed by atoms with Crippen molar-refractivity contribution in [3.8, 4) is 0 Å². The van der Waals surface area contributed by atoms with Gasteiger partial charge >= 0.3 is 0 Å². The molecule has 0 bridgehead atoms. The lowest BCUT2D eigenvalue weighted by molar-refractivity contribution is 0.194. The zero-order chi connectivity index (χ0) is 8.70. The molecule has 1 fully saturated rings. The van der Waals surface area contributed by atoms with Gasteiger partial charge in [0.05, 0.1) is 0 Å². The number of hydrogen-bond donors (Lipinski definition) is 1. The van der Waals surface area contributed by atoms with Gasteiger partial charge in [-0.3, -0.25) is 0 Å². The van der Waals surface area contributed by atoms with Crippen LogP contribution in [0.1, 0.15) is 40.5 Å². The predicted molar refractivity (Wildman–Crippen MR) is 47.4 cm³/mol. The number of hydrogen-bond acceptors (Lipinski definition) is 1. The molecule has 1 aliphatic carbocycles. The molecule has 2 atom stereocenters. The van der Waals surface area contributed by atoms with Gasteiger partial charge in [-0.2, -0.15) is 0 Å². The third-order valence-corrected chi connectivity index (χ3v) is 3.60. The van der Waals surface area contributed by atoms with Crippen LogP contribution in [0.25, 0.3) is 0 Å². The minimum absolute atomic E-state index is 0.357. The van der Waals surface area contributed by atoms with Gasteiger partial charge < -0.3 is 5.11 Å². The van der Waals surface area contributed by atoms with Crippen LogP contribution in [0.4, 0.5) is 0 Å². The fourth-order valence-corrected chi connectivity index (χ4v) is 1.95. The summed E-state index contributed by atoms with van der Waals surface area (Å²) in [6.45, 7) is 9.59. The molecule has 0 radical (unpaired) electrons. The van der Waals surface area contributed by atoms with Crippen LogP contribution in [0, 0.1) is 16.7 Å². The van der Waals surface area contributed by atoms with Crippen molar-refractivity contribution in [2.24, 2.45) is 16.7 Å². The Hall–Kier alpha value is -0.0400. The fourth-order valence-electron chi connectivity index (χ4n) is 1.95. The van der Waals surface area contributed by atoms with Crippen molar-refractivity contribution in [1.82, 2.24) is 0 Å². The molecule has 0 spiro atoms. The first kappa shape index (κ1) is 9.05. The molecule has 0 aromatic carbocycles. The summed E-state index contributed by atoms with van der Waals surface area (Å²) in [6, 6.07) is 0. The standard InChI is InChI=1S/C10H20O/c1-9(2,3)10(4)7-8(10)5-6-11/h8,11H,5-7H2,1-4H3/t8-,10+/m0/s1. The average Bonchev–Trinajstić information content (AvgIpc) is 2.43. The Bertz CT molecular complexity index is 145. The molecular weight excluding hydrogens is 136 g/mol. The van der Waals surface area contributed by atoms with E-state index >= 15 is 0 Å². The molecule has 0 saturated heterocycles. The average molecular weight is 156 g/mol. The maximum atomic E-state index is 8.77. The quantitative estimate of drug-likeness (QED) is 0.651. The van der Waals surface area contributed by atoms with Crippen LogP contribution in [0.3, 0.4) is 0 Å². The maximum Gasteiger partial charge on any atom is 0.0433 e. The van der Waals surface area contributed by atoms with E-state index in [1.807, 2.05) is 0 Å². The third kappa shape index (κ3) is 1.44. The number of rotatable bonds is 2. The van der Waals surface area contributed by atoms with Gasteiger partial charge in [0.25, 0.3) is 0 Å². The summed E-state index contributed by atoms with van der Waals surface area (Å²) >= 11 is 0. The van der Waals surface area contributed by atoms with Gasteiger partial charge in [0.2, 0.25) is 0 Å². The van der Waals surface area contributed by atoms with E-state index in [0.717, 1.165) is 12.3 Å². The summed E-state index contributed by atoms with van der Waals surface area (Å²) in [4.78, 5) is 0. The Morgan fingerprint density at radius 3 is 2.27 bits per heavy atom. The molecule has 0 unspecified atom stereocenters. The summed E-state index contributed by atoms with van der Waals surface area (Å²) < 4.78 is 0. The first-order valence-electron chi connectivity index (χ1n) is 4.52. The summed E-state index contributed by atoms with van der Waals surface area (Å²) in [5, 5.41) is 8.77. The van der Waals surface area contributed by atoms with Crippen LogP contribution < -0.4 is 0 Å². The highest BCUT2D eigenvalue weighted by atomic mass is 16.3. The second-order valence-electron chi connectivity index (χ2n) is 5.08. The Kier molecular flexibility index (Phi) is 2.04. The zero-order valence-corrected chi connectivity index (χ0v) is 8.15. The van der Waals surface area contributed by atoms with E-state index in [1.165, 1.54) is 6.42 Å². The fraction of sp³-hybridized carbons (Fsp3) is 1.00. The van der Waals surface area contributed by atoms with Crippen molar-refractivity contribution in [2.75, 3.05) is 6.61 Å². The van der Waals surface area contributed by atoms with Crippen molar-refractivity contribution in [1.29, 1.82) is 0 Å². The third-order valence-electron chi connectivity index (χ3n) is 3.60. The maximum absolute atomic E-state index is 8.77. The molecule has 0 aliphatic heterocycles. The van der Waals surface area contributed by atoms with Crippen molar-refractivity contribution in [2.45, 2.75) is 40.5 Å². The molecule has 11 heavy (non-hydrogen) atoms. The molecule has 1 N–H and O–H groups in total. The van der Waals surface area contributed by atoms with Crippen LogP contribution in [0.2, 0.25) is 0 Å². The van der Waals surface area contributed by atoms with Gasteiger partial charge in [0, 0.05) is 6.61 Å². The first-order chi connectivity index (χ1) is 4.92. The van der Waals surface area contributed by atoms with Crippen molar-refractivity contribution in [3.63, 3.8) is 0 Å². The minimum Gasteiger partial charge on any atom is -0.396 e. The summed E-state index contributed by atoms with van der Waals surface area (Å²) in [6.07, 6.45) is 2.30. The summed E-state index contributed by atoms with van der Waals surface area (Å²) in [5.74, 6) is 0.771. The van der Waals surface area contributed by atoms with Crippen LogP contribution in [-0.2, 0) is 0 Å². The molecule has 1 nitrogen and oxygen atoms in total. The van der Waals surface area contributed by atoms with E-state index in [2.05, 4.69) is 27.7 Å². The van der Waals surface area contributed by atoms with Gasteiger partial charge in [0.15, 0.2) is 0 Å². The van der Waals surface area contributed by atoms with Crippen molar-refractivity contribution >= 4 is 0 Å². The van der Waals surface area contributed by atoms with Crippen LogP contribution in [0.15, 0.2) is 0 Å². The topological polar surface area (TPSA) is 20.2 Å². The lowest BCUT2D eigenvalue weighted by Crippen LogP contribution is -2.20. The molecule has 1 rings (SSSR count). The van der Waals surface area contributed by atoms with Gasteiger partial charge in [-0.15, -0.1) is 0 Å². The Balaban J connectivity index is 2.49. The second-order valence-corrected chi connectivity index (χ2v) is 5.08. The second kappa shape index (κ2) is 2.48. The predicted octanol–water partition coefficient (Wildman–Crippen LogP) is 2.44. The summed E-state index contributed by atoms with van der Waals surface area (Å²) in [7, 11) is 0. The van der Waals surface area contributed by atoms with Crippen LogP contribution >= 0.6 is 0 Å². The van der Waals surface area contributed by atoms with Gasteiger partial charge in [0.1, 0.15) is 0 Å². The first-order valence-corrected chi connectivity index (χ1v) is 4.52. The molecule has 0 aromatic heterocycles. The highest BCUT2D eigenvalue weighted by Gasteiger charge is 2.56. The highest BCUT2D eigenvalue weighted by Crippen LogP contribution is 2.64. The van der Waals surface area contributed by atoms with Crippen molar-refractivity contribution in [3.05, 3.63) is 0 Å². The normalized spacial score (nSPS) is 37.4. The Labute approximate surface area is 69.8 Å². The molecular formula is C10H20O.